The zero-order valence-corrected chi connectivity index (χ0v) is 15.8. The monoisotopic (exact) mass is 368 g/mol. The van der Waals surface area contributed by atoms with Crippen molar-refractivity contribution < 1.29 is 14.3 Å². The van der Waals surface area contributed by atoms with E-state index in [0.29, 0.717) is 16.9 Å². The third-order valence-corrected chi connectivity index (χ3v) is 5.57. The normalized spacial score (nSPS) is 15.8. The molecule has 0 amide bonds. The summed E-state index contributed by atoms with van der Waals surface area (Å²) in [4.78, 5) is 14.0. The van der Waals surface area contributed by atoms with Crippen molar-refractivity contribution in [2.45, 2.75) is 33.1 Å². The van der Waals surface area contributed by atoms with Gasteiger partial charge in [-0.15, -0.1) is 11.3 Å². The van der Waals surface area contributed by atoms with Crippen LogP contribution < -0.4 is 10.5 Å². The van der Waals surface area contributed by atoms with Crippen molar-refractivity contribution in [3.8, 4) is 11.8 Å². The largest absolute Gasteiger partial charge is 0.462 e. The quantitative estimate of drug-likeness (QED) is 0.824. The molecule has 6 heteroatoms. The molecule has 1 atom stereocenters. The summed E-state index contributed by atoms with van der Waals surface area (Å²) in [7, 11) is 0. The number of rotatable bonds is 4. The molecular weight excluding hydrogens is 348 g/mol. The van der Waals surface area contributed by atoms with Crippen LogP contribution in [0.4, 0.5) is 0 Å². The molecule has 2 aromatic rings. The van der Waals surface area contributed by atoms with Crippen molar-refractivity contribution in [2.24, 2.45) is 5.73 Å². The van der Waals surface area contributed by atoms with Crippen molar-refractivity contribution in [1.29, 1.82) is 5.26 Å². The molecule has 1 unspecified atom stereocenters. The molecular formula is C20H20N2O3S. The van der Waals surface area contributed by atoms with Crippen LogP contribution in [0.25, 0.3) is 0 Å². The van der Waals surface area contributed by atoms with Crippen LogP contribution in [-0.4, -0.2) is 12.6 Å². The Hall–Kier alpha value is -2.78. The number of nitriles is 1. The van der Waals surface area contributed by atoms with E-state index in [0.717, 1.165) is 21.7 Å². The summed E-state index contributed by atoms with van der Waals surface area (Å²) in [5.41, 5.74) is 8.94. The Bertz CT molecular complexity index is 920. The van der Waals surface area contributed by atoms with Gasteiger partial charge in [0.05, 0.1) is 17.4 Å². The van der Waals surface area contributed by atoms with E-state index < -0.39 is 5.97 Å². The zero-order chi connectivity index (χ0) is 18.8. The lowest BCUT2D eigenvalue weighted by atomic mass is 9.87. The molecule has 5 nitrogen and oxygen atoms in total. The van der Waals surface area contributed by atoms with Crippen molar-refractivity contribution in [3.05, 3.63) is 62.2 Å². The maximum absolute atomic E-state index is 12.4. The van der Waals surface area contributed by atoms with Gasteiger partial charge in [0.25, 0.3) is 0 Å². The molecule has 1 aliphatic rings. The second-order valence-corrected chi connectivity index (χ2v) is 7.22. The van der Waals surface area contributed by atoms with Crippen LogP contribution in [0.15, 0.2) is 35.7 Å². The smallest absolute Gasteiger partial charge is 0.343 e. The number of carbonyl (C=O) groups is 1. The molecule has 0 spiro atoms. The highest BCUT2D eigenvalue weighted by atomic mass is 32.1. The topological polar surface area (TPSA) is 85.3 Å². The molecule has 134 valence electrons. The Labute approximate surface area is 156 Å². The van der Waals surface area contributed by atoms with Crippen LogP contribution in [0.2, 0.25) is 0 Å². The Morgan fingerprint density at radius 3 is 2.62 bits per heavy atom. The standard InChI is InChI=1S/C20H20N2O3S/c1-4-12-6-8-13(9-7-12)16-14(10-21)19(22)25-17-15(20(23)24-5-2)11(3)26-18(16)17/h6-9,16H,4-5,22H2,1-3H3. The minimum Gasteiger partial charge on any atom is -0.462 e. The van der Waals surface area contributed by atoms with Crippen molar-refractivity contribution in [2.75, 3.05) is 6.61 Å². The summed E-state index contributed by atoms with van der Waals surface area (Å²) >= 11 is 1.44. The molecule has 1 aromatic heterocycles. The molecule has 26 heavy (non-hydrogen) atoms. The Morgan fingerprint density at radius 1 is 1.35 bits per heavy atom. The first-order valence-corrected chi connectivity index (χ1v) is 9.30. The van der Waals surface area contributed by atoms with Crippen molar-refractivity contribution >= 4 is 17.3 Å². The van der Waals surface area contributed by atoms with E-state index >= 15 is 0 Å². The van der Waals surface area contributed by atoms with Crippen LogP contribution in [-0.2, 0) is 11.2 Å². The number of nitrogens with two attached hydrogens (primary N) is 1. The van der Waals surface area contributed by atoms with Gasteiger partial charge >= 0.3 is 5.97 Å². The van der Waals surface area contributed by atoms with E-state index in [1.54, 1.807) is 6.92 Å². The zero-order valence-electron chi connectivity index (χ0n) is 15.0. The summed E-state index contributed by atoms with van der Waals surface area (Å²) in [6.07, 6.45) is 0.938. The van der Waals surface area contributed by atoms with E-state index in [1.807, 2.05) is 31.2 Å². The number of allylic oxidation sites excluding steroid dienone is 1. The number of nitrogens with zero attached hydrogens (tertiary/aromatic N) is 1. The van der Waals surface area contributed by atoms with E-state index in [9.17, 15) is 10.1 Å². The number of esters is 1. The summed E-state index contributed by atoms with van der Waals surface area (Å²) in [5, 5.41) is 9.63. The molecule has 0 saturated carbocycles. The number of benzene rings is 1. The van der Waals surface area contributed by atoms with Gasteiger partial charge in [-0.3, -0.25) is 0 Å². The van der Waals surface area contributed by atoms with Gasteiger partial charge in [0.15, 0.2) is 5.75 Å². The molecule has 0 aliphatic carbocycles. The van der Waals surface area contributed by atoms with Crippen molar-refractivity contribution in [1.82, 2.24) is 0 Å². The lowest BCUT2D eigenvalue weighted by Gasteiger charge is -2.24. The Kier molecular flexibility index (Phi) is 5.01. The summed E-state index contributed by atoms with van der Waals surface area (Å²) in [6, 6.07) is 10.3. The second kappa shape index (κ2) is 7.22. The molecule has 0 radical (unpaired) electrons. The molecule has 2 heterocycles. The number of aryl methyl sites for hydroxylation is 2. The average molecular weight is 368 g/mol. The molecule has 0 fully saturated rings. The van der Waals surface area contributed by atoms with Gasteiger partial charge in [0, 0.05) is 4.88 Å². The number of thiophene rings is 1. The molecule has 1 aliphatic heterocycles. The van der Waals surface area contributed by atoms with Gasteiger partial charge in [-0.2, -0.15) is 5.26 Å². The number of ether oxygens (including phenoxy) is 2. The SMILES string of the molecule is CCOC(=O)c1c(C)sc2c1OC(N)=C(C#N)C2c1ccc(CC)cc1. The van der Waals surface area contributed by atoms with E-state index in [4.69, 9.17) is 15.2 Å². The molecule has 3 rings (SSSR count). The lowest BCUT2D eigenvalue weighted by Crippen LogP contribution is -2.21. The van der Waals surface area contributed by atoms with Crippen LogP contribution in [0.3, 0.4) is 0 Å². The van der Waals surface area contributed by atoms with Crippen LogP contribution >= 0.6 is 11.3 Å². The summed E-state index contributed by atoms with van der Waals surface area (Å²) in [6.45, 7) is 5.97. The first-order chi connectivity index (χ1) is 12.5. The van der Waals surface area contributed by atoms with E-state index in [2.05, 4.69) is 13.0 Å². The van der Waals surface area contributed by atoms with Gasteiger partial charge < -0.3 is 15.2 Å². The van der Waals surface area contributed by atoms with Gasteiger partial charge in [0.2, 0.25) is 5.88 Å². The number of hydrogen-bond acceptors (Lipinski definition) is 6. The summed E-state index contributed by atoms with van der Waals surface area (Å²) < 4.78 is 10.9. The fraction of sp³-hybridized carbons (Fsp3) is 0.300. The average Bonchev–Trinajstić information content (AvgIpc) is 2.96. The van der Waals surface area contributed by atoms with Crippen LogP contribution in [0, 0.1) is 18.3 Å². The number of carbonyl (C=O) groups excluding carboxylic acids is 1. The van der Waals surface area contributed by atoms with Crippen LogP contribution in [0.1, 0.15) is 51.0 Å². The van der Waals surface area contributed by atoms with Crippen molar-refractivity contribution in [3.63, 3.8) is 0 Å². The second-order valence-electron chi connectivity index (χ2n) is 5.97. The highest BCUT2D eigenvalue weighted by Crippen LogP contribution is 2.49. The lowest BCUT2D eigenvalue weighted by molar-refractivity contribution is 0.0522. The maximum atomic E-state index is 12.4. The third kappa shape index (κ3) is 2.95. The minimum absolute atomic E-state index is 0.0351. The highest BCUT2D eigenvalue weighted by Gasteiger charge is 2.37. The predicted octanol–water partition coefficient (Wildman–Crippen LogP) is 4.01. The van der Waals surface area contributed by atoms with E-state index in [1.165, 1.54) is 16.9 Å². The molecule has 0 bridgehead atoms. The van der Waals surface area contributed by atoms with Gasteiger partial charge in [-0.1, -0.05) is 31.2 Å². The first kappa shape index (κ1) is 18.0. The van der Waals surface area contributed by atoms with Gasteiger partial charge in [0.1, 0.15) is 17.2 Å². The predicted molar refractivity (Wildman–Crippen MR) is 100 cm³/mol. The number of fused-ring (bicyclic) bond motifs is 1. The van der Waals surface area contributed by atoms with Crippen LogP contribution in [0.5, 0.6) is 5.75 Å². The van der Waals surface area contributed by atoms with E-state index in [-0.39, 0.29) is 18.4 Å². The van der Waals surface area contributed by atoms with Gasteiger partial charge in [-0.05, 0) is 31.4 Å². The Morgan fingerprint density at radius 2 is 2.04 bits per heavy atom. The molecule has 2 N–H and O–H groups in total. The fourth-order valence-electron chi connectivity index (χ4n) is 3.10. The third-order valence-electron chi connectivity index (χ3n) is 4.42. The highest BCUT2D eigenvalue weighted by molar-refractivity contribution is 7.12. The molecule has 0 saturated heterocycles. The first-order valence-electron chi connectivity index (χ1n) is 8.48. The summed E-state index contributed by atoms with van der Waals surface area (Å²) in [5.74, 6) is -0.336. The van der Waals surface area contributed by atoms with Gasteiger partial charge in [-0.25, -0.2) is 4.79 Å². The number of hydrogen-bond donors (Lipinski definition) is 1. The maximum Gasteiger partial charge on any atom is 0.343 e. The Balaban J connectivity index is 2.17. The molecule has 1 aromatic carbocycles. The minimum atomic E-state index is -0.434. The fourth-order valence-corrected chi connectivity index (χ4v) is 4.31.